The molecule has 1 fully saturated rings. The summed E-state index contributed by atoms with van der Waals surface area (Å²) in [7, 11) is 0. The van der Waals surface area contributed by atoms with Gasteiger partial charge in [0, 0.05) is 12.0 Å². The Morgan fingerprint density at radius 1 is 1.64 bits per heavy atom. The molecule has 0 aliphatic heterocycles. The summed E-state index contributed by atoms with van der Waals surface area (Å²) in [5.41, 5.74) is 0.00183. The molecule has 0 aromatic carbocycles. The third-order valence-electron chi connectivity index (χ3n) is 2.10. The van der Waals surface area contributed by atoms with Gasteiger partial charge in [0.15, 0.2) is 0 Å². The monoisotopic (exact) mass is 158 g/mol. The molecule has 0 atom stereocenters. The molecule has 1 aliphatic carbocycles. The molecule has 1 rings (SSSR count). The second kappa shape index (κ2) is 3.22. The van der Waals surface area contributed by atoms with Gasteiger partial charge in [0.1, 0.15) is 0 Å². The van der Waals surface area contributed by atoms with Crippen molar-refractivity contribution >= 4 is 5.97 Å². The highest BCUT2D eigenvalue weighted by Gasteiger charge is 2.44. The van der Waals surface area contributed by atoms with Gasteiger partial charge in [0.2, 0.25) is 0 Å². The first kappa shape index (κ1) is 8.53. The Morgan fingerprint density at radius 3 is 2.64 bits per heavy atom. The molecule has 0 saturated heterocycles. The number of rotatable bonds is 5. The van der Waals surface area contributed by atoms with Gasteiger partial charge in [-0.05, 0) is 19.8 Å². The van der Waals surface area contributed by atoms with Gasteiger partial charge < -0.3 is 9.84 Å². The molecule has 11 heavy (non-hydrogen) atoms. The van der Waals surface area contributed by atoms with E-state index >= 15 is 0 Å². The zero-order chi connectivity index (χ0) is 8.32. The van der Waals surface area contributed by atoms with Crippen molar-refractivity contribution in [1.29, 1.82) is 0 Å². The van der Waals surface area contributed by atoms with Crippen molar-refractivity contribution < 1.29 is 14.6 Å². The van der Waals surface area contributed by atoms with E-state index < -0.39 is 5.97 Å². The number of hydrogen-bond donors (Lipinski definition) is 1. The molecule has 3 nitrogen and oxygen atoms in total. The fourth-order valence-corrected chi connectivity index (χ4v) is 1.19. The normalized spacial score (nSPS) is 19.7. The van der Waals surface area contributed by atoms with Crippen LogP contribution in [0.15, 0.2) is 0 Å². The van der Waals surface area contributed by atoms with E-state index in [-0.39, 0.29) is 11.8 Å². The number of aliphatic carboxylic acids is 1. The minimum absolute atomic E-state index is 0.00183. The van der Waals surface area contributed by atoms with Gasteiger partial charge >= 0.3 is 5.97 Å². The summed E-state index contributed by atoms with van der Waals surface area (Å²) in [4.78, 5) is 10.4. The Morgan fingerprint density at radius 2 is 2.27 bits per heavy atom. The van der Waals surface area contributed by atoms with E-state index in [0.717, 1.165) is 12.8 Å². The second-order valence-electron chi connectivity index (χ2n) is 3.21. The van der Waals surface area contributed by atoms with Crippen molar-refractivity contribution in [2.75, 3.05) is 13.2 Å². The van der Waals surface area contributed by atoms with Crippen LogP contribution in [0.25, 0.3) is 0 Å². The molecule has 1 saturated carbocycles. The number of carbonyl (C=O) groups is 1. The van der Waals surface area contributed by atoms with Gasteiger partial charge in [-0.3, -0.25) is 4.79 Å². The molecule has 0 radical (unpaired) electrons. The van der Waals surface area contributed by atoms with E-state index in [0.29, 0.717) is 13.2 Å². The van der Waals surface area contributed by atoms with Gasteiger partial charge in [-0.1, -0.05) is 0 Å². The Balaban J connectivity index is 2.23. The van der Waals surface area contributed by atoms with Gasteiger partial charge in [-0.25, -0.2) is 0 Å². The quantitative estimate of drug-likeness (QED) is 0.655. The molecular formula is C8H14O3. The Kier molecular flexibility index (Phi) is 2.49. The summed E-state index contributed by atoms with van der Waals surface area (Å²) in [5, 5.41) is 8.53. The molecule has 0 amide bonds. The minimum atomic E-state index is -0.706. The van der Waals surface area contributed by atoms with Crippen molar-refractivity contribution in [2.24, 2.45) is 5.41 Å². The number of hydrogen-bond acceptors (Lipinski definition) is 2. The van der Waals surface area contributed by atoms with Crippen molar-refractivity contribution in [3.8, 4) is 0 Å². The van der Waals surface area contributed by atoms with Gasteiger partial charge in [0.25, 0.3) is 0 Å². The molecule has 0 spiro atoms. The zero-order valence-electron chi connectivity index (χ0n) is 6.80. The van der Waals surface area contributed by atoms with Crippen molar-refractivity contribution in [3.63, 3.8) is 0 Å². The summed E-state index contributed by atoms with van der Waals surface area (Å²) >= 11 is 0. The maximum absolute atomic E-state index is 10.4. The molecule has 64 valence electrons. The molecule has 0 aromatic rings. The van der Waals surface area contributed by atoms with Crippen LogP contribution in [0.1, 0.15) is 26.2 Å². The molecule has 3 heteroatoms. The fraction of sp³-hybridized carbons (Fsp3) is 0.875. The van der Waals surface area contributed by atoms with Gasteiger partial charge in [-0.2, -0.15) is 0 Å². The predicted octanol–water partition coefficient (Wildman–Crippen LogP) is 1.28. The average Bonchev–Trinajstić information content (AvgIpc) is 2.64. The summed E-state index contributed by atoms with van der Waals surface area (Å²) in [5.74, 6) is -0.706. The lowest BCUT2D eigenvalue weighted by Crippen LogP contribution is -2.15. The average molecular weight is 158 g/mol. The molecule has 1 aliphatic rings. The third kappa shape index (κ3) is 2.50. The molecule has 0 heterocycles. The Bertz CT molecular complexity index is 149. The van der Waals surface area contributed by atoms with Crippen LogP contribution in [0.4, 0.5) is 0 Å². The van der Waals surface area contributed by atoms with Gasteiger partial charge in [0.05, 0.1) is 13.0 Å². The van der Waals surface area contributed by atoms with Crippen LogP contribution in [0.2, 0.25) is 0 Å². The van der Waals surface area contributed by atoms with E-state index in [1.807, 2.05) is 6.92 Å². The van der Waals surface area contributed by atoms with Crippen molar-refractivity contribution in [1.82, 2.24) is 0 Å². The second-order valence-corrected chi connectivity index (χ2v) is 3.21. The van der Waals surface area contributed by atoms with Crippen LogP contribution in [-0.4, -0.2) is 24.3 Å². The lowest BCUT2D eigenvalue weighted by molar-refractivity contribution is -0.139. The summed E-state index contributed by atoms with van der Waals surface area (Å²) < 4.78 is 5.20. The first-order valence-corrected chi connectivity index (χ1v) is 3.98. The van der Waals surface area contributed by atoms with Crippen LogP contribution >= 0.6 is 0 Å². The number of carboxylic acids is 1. The highest BCUT2D eigenvalue weighted by Crippen LogP contribution is 2.48. The van der Waals surface area contributed by atoms with Crippen LogP contribution in [-0.2, 0) is 9.53 Å². The van der Waals surface area contributed by atoms with Crippen molar-refractivity contribution in [2.45, 2.75) is 26.2 Å². The SMILES string of the molecule is CCOCC1(CC(=O)O)CC1. The molecule has 0 unspecified atom stereocenters. The van der Waals surface area contributed by atoms with E-state index in [1.54, 1.807) is 0 Å². The lowest BCUT2D eigenvalue weighted by Gasteiger charge is -2.10. The highest BCUT2D eigenvalue weighted by molar-refractivity contribution is 5.68. The smallest absolute Gasteiger partial charge is 0.303 e. The maximum atomic E-state index is 10.4. The molecule has 0 aromatic heterocycles. The molecule has 1 N–H and O–H groups in total. The first-order chi connectivity index (χ1) is 5.18. The predicted molar refractivity (Wildman–Crippen MR) is 40.4 cm³/mol. The molecule has 0 bridgehead atoms. The largest absolute Gasteiger partial charge is 0.481 e. The van der Waals surface area contributed by atoms with E-state index in [2.05, 4.69) is 0 Å². The summed E-state index contributed by atoms with van der Waals surface area (Å²) in [6, 6.07) is 0. The van der Waals surface area contributed by atoms with E-state index in [1.165, 1.54) is 0 Å². The Hall–Kier alpha value is -0.570. The summed E-state index contributed by atoms with van der Waals surface area (Å²) in [6.07, 6.45) is 2.30. The molecular weight excluding hydrogens is 144 g/mol. The van der Waals surface area contributed by atoms with E-state index in [4.69, 9.17) is 9.84 Å². The maximum Gasteiger partial charge on any atom is 0.303 e. The first-order valence-electron chi connectivity index (χ1n) is 3.98. The van der Waals surface area contributed by atoms with Crippen LogP contribution in [0.5, 0.6) is 0 Å². The minimum Gasteiger partial charge on any atom is -0.481 e. The Labute approximate surface area is 66.4 Å². The number of ether oxygens (including phenoxy) is 1. The zero-order valence-corrected chi connectivity index (χ0v) is 6.80. The van der Waals surface area contributed by atoms with Crippen LogP contribution < -0.4 is 0 Å². The fourth-order valence-electron chi connectivity index (χ4n) is 1.19. The van der Waals surface area contributed by atoms with Gasteiger partial charge in [-0.15, -0.1) is 0 Å². The topological polar surface area (TPSA) is 46.5 Å². The standard InChI is InChI=1S/C8H14O3/c1-2-11-6-8(3-4-8)5-7(9)10/h2-6H2,1H3,(H,9,10). The number of carboxylic acid groups (broad SMARTS) is 1. The lowest BCUT2D eigenvalue weighted by atomic mass is 10.0. The summed E-state index contributed by atoms with van der Waals surface area (Å²) in [6.45, 7) is 3.23. The third-order valence-corrected chi connectivity index (χ3v) is 2.10. The van der Waals surface area contributed by atoms with E-state index in [9.17, 15) is 4.79 Å². The van der Waals surface area contributed by atoms with Crippen LogP contribution in [0, 0.1) is 5.41 Å². The van der Waals surface area contributed by atoms with Crippen molar-refractivity contribution in [3.05, 3.63) is 0 Å². The highest BCUT2D eigenvalue weighted by atomic mass is 16.5. The van der Waals surface area contributed by atoms with Crippen LogP contribution in [0.3, 0.4) is 0 Å².